The minimum atomic E-state index is -0.828. The van der Waals surface area contributed by atoms with Gasteiger partial charge in [0.25, 0.3) is 0 Å². The molecule has 134 valence electrons. The van der Waals surface area contributed by atoms with Gasteiger partial charge in [0.05, 0.1) is 0 Å². The van der Waals surface area contributed by atoms with E-state index in [1.165, 1.54) is 20.3 Å². The summed E-state index contributed by atoms with van der Waals surface area (Å²) in [4.78, 5) is 11.6. The molecule has 0 aliphatic rings. The van der Waals surface area contributed by atoms with Crippen LogP contribution in [0.1, 0.15) is 86.3 Å². The van der Waals surface area contributed by atoms with Crippen molar-refractivity contribution < 1.29 is 31.1 Å². The molecule has 2 rings (SSSR count). The minimum Gasteiger partial charge on any atom is -0.478 e. The van der Waals surface area contributed by atoms with E-state index in [2.05, 4.69) is 53.7 Å². The van der Waals surface area contributed by atoms with Crippen LogP contribution in [0.4, 0.5) is 0 Å². The highest BCUT2D eigenvalue weighted by atomic mass is 127. The molecule has 0 fully saturated rings. The fourth-order valence-corrected chi connectivity index (χ4v) is 6.65. The molecule has 2 aromatic carbocycles. The lowest BCUT2D eigenvalue weighted by atomic mass is 9.90. The monoisotopic (exact) mass is 451 g/mol. The number of carbonyl (C=O) groups is 1. The van der Waals surface area contributed by atoms with Crippen LogP contribution in [0, 0.1) is 7.14 Å². The van der Waals surface area contributed by atoms with Crippen LogP contribution in [-0.2, 0) is 0 Å². The molecule has 0 aliphatic heterocycles. The van der Waals surface area contributed by atoms with Gasteiger partial charge in [-0.25, -0.2) is 4.79 Å². The Morgan fingerprint density at radius 3 is 1.84 bits per heavy atom. The van der Waals surface area contributed by atoms with Crippen LogP contribution < -0.4 is 21.2 Å². The Kier molecular flexibility index (Phi) is 6.66. The number of halogens is 1. The second-order valence-electron chi connectivity index (χ2n) is 7.36. The molecule has 0 saturated carbocycles. The lowest BCUT2D eigenvalue weighted by Crippen LogP contribution is -3.62. The van der Waals surface area contributed by atoms with E-state index in [4.69, 9.17) is 0 Å². The summed E-state index contributed by atoms with van der Waals surface area (Å²) in [6.07, 6.45) is 0. The summed E-state index contributed by atoms with van der Waals surface area (Å²) in [6, 6.07) is 12.2. The zero-order valence-corrected chi connectivity index (χ0v) is 18.1. The highest BCUT2D eigenvalue weighted by Crippen LogP contribution is 2.27. The van der Waals surface area contributed by atoms with Crippen molar-refractivity contribution in [3.8, 4) is 0 Å². The van der Waals surface area contributed by atoms with E-state index in [-0.39, 0.29) is 0 Å². The van der Waals surface area contributed by atoms with Crippen molar-refractivity contribution in [2.45, 2.75) is 59.3 Å². The number of hydrogen-bond donors (Lipinski definition) is 1. The first-order valence-corrected chi connectivity index (χ1v) is 11.0. The van der Waals surface area contributed by atoms with Crippen LogP contribution >= 0.6 is 0 Å². The van der Waals surface area contributed by atoms with Crippen molar-refractivity contribution in [3.63, 3.8) is 0 Å². The average Bonchev–Trinajstić information content (AvgIpc) is 2.54. The molecule has 0 radical (unpaired) electrons. The van der Waals surface area contributed by atoms with Crippen LogP contribution in [-0.4, -0.2) is 11.1 Å². The number of carboxylic acids is 1. The number of aromatic carboxylic acids is 1. The maximum absolute atomic E-state index is 11.6. The summed E-state index contributed by atoms with van der Waals surface area (Å²) in [6.45, 7) is 13.4. The van der Waals surface area contributed by atoms with Crippen molar-refractivity contribution in [1.29, 1.82) is 0 Å². The van der Waals surface area contributed by atoms with Gasteiger partial charge < -0.3 is 5.11 Å². The molecule has 0 bridgehead atoms. The summed E-state index contributed by atoms with van der Waals surface area (Å²) < 4.78 is 2.40. The van der Waals surface area contributed by atoms with Gasteiger partial charge >= 0.3 is 27.2 Å². The summed E-state index contributed by atoms with van der Waals surface area (Å²) >= 11 is -0.551. The topological polar surface area (TPSA) is 37.3 Å². The van der Waals surface area contributed by atoms with Gasteiger partial charge in [0, 0.05) is 11.1 Å². The van der Waals surface area contributed by atoms with Crippen molar-refractivity contribution in [2.24, 2.45) is 0 Å². The molecule has 25 heavy (non-hydrogen) atoms. The molecule has 2 nitrogen and oxygen atoms in total. The largest absolute Gasteiger partial charge is 0.478 e. The fourth-order valence-electron chi connectivity index (χ4n) is 2.80. The van der Waals surface area contributed by atoms with Crippen molar-refractivity contribution in [3.05, 3.63) is 65.8 Å². The molecular formula is C22H28IO2+. The van der Waals surface area contributed by atoms with Gasteiger partial charge in [-0.3, -0.25) is 0 Å². The third-order valence-electron chi connectivity index (χ3n) is 4.36. The molecule has 0 atom stereocenters. The zero-order valence-electron chi connectivity index (χ0n) is 15.9. The lowest BCUT2D eigenvalue weighted by Gasteiger charge is -2.17. The first-order chi connectivity index (χ1) is 11.7. The van der Waals surface area contributed by atoms with Gasteiger partial charge in [0.2, 0.25) is 7.14 Å². The summed E-state index contributed by atoms with van der Waals surface area (Å²) in [7, 11) is 0. The van der Waals surface area contributed by atoms with E-state index in [9.17, 15) is 9.90 Å². The van der Waals surface area contributed by atoms with Crippen LogP contribution in [0.25, 0.3) is 0 Å². The lowest BCUT2D eigenvalue weighted by molar-refractivity contribution is -0.599. The summed E-state index contributed by atoms with van der Waals surface area (Å²) in [5.41, 5.74) is 4.62. The van der Waals surface area contributed by atoms with Crippen LogP contribution in [0.5, 0.6) is 0 Å². The molecule has 3 heteroatoms. The molecule has 1 N–H and O–H groups in total. The second kappa shape index (κ2) is 8.35. The Hall–Kier alpha value is -1.36. The Morgan fingerprint density at radius 1 is 0.880 bits per heavy atom. The third-order valence-corrected chi connectivity index (χ3v) is 7.67. The SMILES string of the molecule is CC(C)c1cc(C(C)C)c([I+]c2ccccc2C(=O)O)c(C(C)C)c1. The fraction of sp³-hybridized carbons (Fsp3) is 0.409. The predicted octanol–water partition coefficient (Wildman–Crippen LogP) is 2.88. The van der Waals surface area contributed by atoms with Gasteiger partial charge in [0.15, 0.2) is 0 Å². The summed E-state index contributed by atoms with van der Waals surface area (Å²) in [5, 5.41) is 9.54. The molecule has 0 spiro atoms. The Morgan fingerprint density at radius 2 is 1.40 bits per heavy atom. The Bertz CT molecular complexity index is 731. The number of hydrogen-bond acceptors (Lipinski definition) is 1. The van der Waals surface area contributed by atoms with E-state index in [1.54, 1.807) is 6.07 Å². The normalized spacial score (nSPS) is 11.6. The van der Waals surface area contributed by atoms with Gasteiger partial charge in [-0.15, -0.1) is 0 Å². The highest BCUT2D eigenvalue weighted by molar-refractivity contribution is 5.87. The Labute approximate surface area is 161 Å². The molecule has 0 aliphatic carbocycles. The summed E-state index contributed by atoms with van der Waals surface area (Å²) in [5.74, 6) is 0.533. The van der Waals surface area contributed by atoms with Gasteiger partial charge in [0.1, 0.15) is 5.56 Å². The average molecular weight is 451 g/mol. The molecular weight excluding hydrogens is 423 g/mol. The first-order valence-electron chi connectivity index (χ1n) is 8.87. The maximum Gasteiger partial charge on any atom is 0.359 e. The van der Waals surface area contributed by atoms with Crippen LogP contribution in [0.15, 0.2) is 36.4 Å². The first kappa shape index (κ1) is 20.0. The van der Waals surface area contributed by atoms with Gasteiger partial charge in [-0.1, -0.05) is 65.8 Å². The van der Waals surface area contributed by atoms with E-state index in [1.807, 2.05) is 18.2 Å². The van der Waals surface area contributed by atoms with Crippen molar-refractivity contribution in [1.82, 2.24) is 0 Å². The van der Waals surface area contributed by atoms with Crippen LogP contribution in [0.3, 0.4) is 0 Å². The Balaban J connectivity index is 2.65. The quantitative estimate of drug-likeness (QED) is 0.686. The minimum absolute atomic E-state index is 0.433. The van der Waals surface area contributed by atoms with Gasteiger partial charge in [-0.05, 0) is 35.4 Å². The molecule has 0 amide bonds. The molecule has 0 unspecified atom stereocenters. The third kappa shape index (κ3) is 4.63. The molecule has 0 heterocycles. The number of benzene rings is 2. The van der Waals surface area contributed by atoms with E-state index in [0.717, 1.165) is 3.57 Å². The van der Waals surface area contributed by atoms with E-state index in [0.29, 0.717) is 23.3 Å². The molecule has 2 aromatic rings. The van der Waals surface area contributed by atoms with E-state index < -0.39 is 27.2 Å². The van der Waals surface area contributed by atoms with Gasteiger partial charge in [-0.2, -0.15) is 0 Å². The number of carboxylic acid groups (broad SMARTS) is 1. The van der Waals surface area contributed by atoms with E-state index >= 15 is 0 Å². The van der Waals surface area contributed by atoms with Crippen LogP contribution in [0.2, 0.25) is 0 Å². The zero-order chi connectivity index (χ0) is 18.7. The highest BCUT2D eigenvalue weighted by Gasteiger charge is 2.31. The van der Waals surface area contributed by atoms with Crippen molar-refractivity contribution in [2.75, 3.05) is 0 Å². The van der Waals surface area contributed by atoms with Crippen molar-refractivity contribution >= 4 is 5.97 Å². The molecule has 0 aromatic heterocycles. The molecule has 0 saturated heterocycles. The standard InChI is InChI=1S/C22H27IO2/c1-13(2)16-11-18(14(3)4)21(19(12-16)15(5)6)23-20-10-8-7-9-17(20)22(24)25/h7-15H,1-6H3/p+1. The predicted molar refractivity (Wildman–Crippen MR) is 99.5 cm³/mol. The second-order valence-corrected chi connectivity index (χ2v) is 10.1. The smallest absolute Gasteiger partial charge is 0.359 e. The number of rotatable bonds is 6. The maximum atomic E-state index is 11.6.